The maximum atomic E-state index is 10.5. The number of fused-ring (bicyclic) bond motifs is 1. The van der Waals surface area contributed by atoms with Crippen molar-refractivity contribution in [1.29, 1.82) is 0 Å². The van der Waals surface area contributed by atoms with Crippen LogP contribution < -0.4 is 4.74 Å². The van der Waals surface area contributed by atoms with Crippen molar-refractivity contribution in [2.75, 3.05) is 19.7 Å². The first-order valence-corrected chi connectivity index (χ1v) is 9.42. The molecule has 1 fully saturated rings. The van der Waals surface area contributed by atoms with Crippen LogP contribution in [-0.4, -0.2) is 34.7 Å². The Hall–Kier alpha value is -2.07. The molecule has 1 N–H and O–H groups in total. The van der Waals surface area contributed by atoms with Gasteiger partial charge in [-0.2, -0.15) is 0 Å². The van der Waals surface area contributed by atoms with Crippen LogP contribution >= 0.6 is 0 Å². The van der Waals surface area contributed by atoms with E-state index in [0.717, 1.165) is 42.4 Å². The van der Waals surface area contributed by atoms with Crippen molar-refractivity contribution in [3.63, 3.8) is 0 Å². The van der Waals surface area contributed by atoms with E-state index in [4.69, 9.17) is 4.74 Å². The second-order valence-corrected chi connectivity index (χ2v) is 7.29. The molecule has 1 aliphatic carbocycles. The number of phenols is 1. The van der Waals surface area contributed by atoms with Crippen LogP contribution in [0.2, 0.25) is 0 Å². The molecule has 4 nitrogen and oxygen atoms in total. The molecule has 25 heavy (non-hydrogen) atoms. The molecule has 0 atom stereocenters. The Balaban J connectivity index is 1.57. The standard InChI is InChI=1S/C21H26N2O2/c24-20-13-17(19-8-4-5-9-22-19)12-18-15-23(10-11-25-21(18)20)14-16-6-2-1-3-7-16/h4-5,8-9,12-13,16,24H,1-3,6-7,10-11,14-15H2. The summed E-state index contributed by atoms with van der Waals surface area (Å²) in [6, 6.07) is 9.73. The summed E-state index contributed by atoms with van der Waals surface area (Å²) in [5.74, 6) is 1.67. The van der Waals surface area contributed by atoms with Gasteiger partial charge in [0.05, 0.1) is 5.69 Å². The van der Waals surface area contributed by atoms with Crippen molar-refractivity contribution >= 4 is 0 Å². The number of aromatic nitrogens is 1. The van der Waals surface area contributed by atoms with Crippen LogP contribution in [0.1, 0.15) is 37.7 Å². The third kappa shape index (κ3) is 3.79. The lowest BCUT2D eigenvalue weighted by atomic mass is 9.89. The smallest absolute Gasteiger partial charge is 0.165 e. The van der Waals surface area contributed by atoms with Gasteiger partial charge in [-0.25, -0.2) is 0 Å². The summed E-state index contributed by atoms with van der Waals surface area (Å²) >= 11 is 0. The van der Waals surface area contributed by atoms with E-state index >= 15 is 0 Å². The Labute approximate surface area is 149 Å². The summed E-state index contributed by atoms with van der Waals surface area (Å²) < 4.78 is 5.88. The molecule has 4 heteroatoms. The molecule has 1 aromatic carbocycles. The Morgan fingerprint density at radius 3 is 2.84 bits per heavy atom. The van der Waals surface area contributed by atoms with E-state index in [2.05, 4.69) is 16.0 Å². The van der Waals surface area contributed by atoms with E-state index < -0.39 is 0 Å². The molecule has 132 valence electrons. The number of pyridine rings is 1. The Bertz CT molecular complexity index is 711. The fraction of sp³-hybridized carbons (Fsp3) is 0.476. The summed E-state index contributed by atoms with van der Waals surface area (Å²) in [5.41, 5.74) is 2.89. The van der Waals surface area contributed by atoms with Gasteiger partial charge >= 0.3 is 0 Å². The highest BCUT2D eigenvalue weighted by Crippen LogP contribution is 2.37. The minimum absolute atomic E-state index is 0.220. The largest absolute Gasteiger partial charge is 0.504 e. The lowest BCUT2D eigenvalue weighted by molar-refractivity contribution is 0.177. The van der Waals surface area contributed by atoms with Gasteiger partial charge in [0.15, 0.2) is 11.5 Å². The van der Waals surface area contributed by atoms with E-state index in [9.17, 15) is 5.11 Å². The topological polar surface area (TPSA) is 45.6 Å². The number of hydrogen-bond donors (Lipinski definition) is 1. The van der Waals surface area contributed by atoms with E-state index in [1.807, 2.05) is 18.2 Å². The lowest BCUT2D eigenvalue weighted by Crippen LogP contribution is -2.32. The van der Waals surface area contributed by atoms with E-state index in [1.54, 1.807) is 12.3 Å². The molecular weight excluding hydrogens is 312 g/mol. The van der Waals surface area contributed by atoms with Crippen LogP contribution in [0.15, 0.2) is 36.5 Å². The molecule has 1 aliphatic heterocycles. The summed E-state index contributed by atoms with van der Waals surface area (Å²) in [5, 5.41) is 10.5. The number of benzene rings is 1. The van der Waals surface area contributed by atoms with Crippen molar-refractivity contribution in [2.45, 2.75) is 38.6 Å². The second-order valence-electron chi connectivity index (χ2n) is 7.29. The average Bonchev–Trinajstić information content (AvgIpc) is 2.85. The van der Waals surface area contributed by atoms with Crippen LogP contribution in [0.5, 0.6) is 11.5 Å². The lowest BCUT2D eigenvalue weighted by Gasteiger charge is -2.28. The molecule has 0 unspecified atom stereocenters. The first kappa shape index (κ1) is 16.4. The molecule has 0 radical (unpaired) electrons. The summed E-state index contributed by atoms with van der Waals surface area (Å²) in [4.78, 5) is 6.90. The second kappa shape index (κ2) is 7.44. The van der Waals surface area contributed by atoms with Crippen LogP contribution in [0.3, 0.4) is 0 Å². The molecule has 0 saturated heterocycles. The molecule has 0 spiro atoms. The maximum absolute atomic E-state index is 10.5. The summed E-state index contributed by atoms with van der Waals surface area (Å²) in [6.07, 6.45) is 8.62. The summed E-state index contributed by atoms with van der Waals surface area (Å²) in [7, 11) is 0. The zero-order valence-corrected chi connectivity index (χ0v) is 14.7. The van der Waals surface area contributed by atoms with Crippen LogP contribution in [0, 0.1) is 5.92 Å². The minimum atomic E-state index is 0.220. The van der Waals surface area contributed by atoms with Gasteiger partial charge < -0.3 is 9.84 Å². The van der Waals surface area contributed by atoms with Crippen molar-refractivity contribution in [3.8, 4) is 22.8 Å². The summed E-state index contributed by atoms with van der Waals surface area (Å²) in [6.45, 7) is 3.52. The number of rotatable bonds is 3. The van der Waals surface area contributed by atoms with Crippen LogP contribution in [-0.2, 0) is 6.54 Å². The number of hydrogen-bond acceptors (Lipinski definition) is 4. The zero-order valence-electron chi connectivity index (χ0n) is 14.7. The molecule has 2 aliphatic rings. The Kier molecular flexibility index (Phi) is 4.88. The highest BCUT2D eigenvalue weighted by Gasteiger charge is 2.23. The predicted octanol–water partition coefficient (Wildman–Crippen LogP) is 4.23. The van der Waals surface area contributed by atoms with Crippen molar-refractivity contribution in [1.82, 2.24) is 9.88 Å². The molecule has 0 amide bonds. The number of aromatic hydroxyl groups is 1. The highest BCUT2D eigenvalue weighted by molar-refractivity contribution is 5.66. The Morgan fingerprint density at radius 1 is 1.16 bits per heavy atom. The Morgan fingerprint density at radius 2 is 2.04 bits per heavy atom. The minimum Gasteiger partial charge on any atom is -0.504 e. The predicted molar refractivity (Wildman–Crippen MR) is 98.7 cm³/mol. The van der Waals surface area contributed by atoms with Crippen LogP contribution in [0.25, 0.3) is 11.3 Å². The normalized spacial score (nSPS) is 19.0. The molecule has 2 aromatic rings. The van der Waals surface area contributed by atoms with Gasteiger partial charge in [-0.3, -0.25) is 9.88 Å². The highest BCUT2D eigenvalue weighted by atomic mass is 16.5. The maximum Gasteiger partial charge on any atom is 0.165 e. The first-order valence-electron chi connectivity index (χ1n) is 9.42. The van der Waals surface area contributed by atoms with Gasteiger partial charge in [-0.05, 0) is 43.0 Å². The van der Waals surface area contributed by atoms with E-state index in [-0.39, 0.29) is 5.75 Å². The molecular formula is C21H26N2O2. The number of nitrogens with zero attached hydrogens (tertiary/aromatic N) is 2. The van der Waals surface area contributed by atoms with E-state index in [1.165, 1.54) is 32.1 Å². The quantitative estimate of drug-likeness (QED) is 0.910. The van der Waals surface area contributed by atoms with E-state index in [0.29, 0.717) is 12.4 Å². The van der Waals surface area contributed by atoms with Gasteiger partial charge in [0, 0.05) is 37.0 Å². The number of phenolic OH excluding ortho intramolecular Hbond substituents is 1. The molecule has 4 rings (SSSR count). The average molecular weight is 338 g/mol. The molecule has 0 bridgehead atoms. The molecule has 1 saturated carbocycles. The van der Waals surface area contributed by atoms with Crippen molar-refractivity contribution < 1.29 is 9.84 Å². The first-order chi connectivity index (χ1) is 12.3. The number of ether oxygens (including phenoxy) is 1. The van der Waals surface area contributed by atoms with Gasteiger partial charge in [0.25, 0.3) is 0 Å². The molecule has 2 heterocycles. The van der Waals surface area contributed by atoms with Gasteiger partial charge in [0.2, 0.25) is 0 Å². The third-order valence-corrected chi connectivity index (χ3v) is 5.40. The van der Waals surface area contributed by atoms with Crippen molar-refractivity contribution in [2.24, 2.45) is 5.92 Å². The fourth-order valence-corrected chi connectivity index (χ4v) is 4.13. The van der Waals surface area contributed by atoms with Gasteiger partial charge in [0.1, 0.15) is 6.61 Å². The van der Waals surface area contributed by atoms with Gasteiger partial charge in [-0.15, -0.1) is 0 Å². The molecule has 1 aromatic heterocycles. The van der Waals surface area contributed by atoms with Crippen molar-refractivity contribution in [3.05, 3.63) is 42.1 Å². The SMILES string of the molecule is Oc1cc(-c2ccccn2)cc2c1OCCN(CC1CCCCC1)C2. The van der Waals surface area contributed by atoms with Crippen LogP contribution in [0.4, 0.5) is 0 Å². The monoisotopic (exact) mass is 338 g/mol. The zero-order chi connectivity index (χ0) is 17.1. The fourth-order valence-electron chi connectivity index (χ4n) is 4.13. The third-order valence-electron chi connectivity index (χ3n) is 5.40. The van der Waals surface area contributed by atoms with Gasteiger partial charge in [-0.1, -0.05) is 25.3 Å².